The Hall–Kier alpha value is -3.31. The van der Waals surface area contributed by atoms with Crippen molar-refractivity contribution in [1.82, 2.24) is 20.5 Å². The molecule has 1 aliphatic heterocycles. The number of aliphatic carboxylic acids is 1. The molecule has 236 valence electrons. The van der Waals surface area contributed by atoms with Gasteiger partial charge in [0.15, 0.2) is 0 Å². The van der Waals surface area contributed by atoms with Gasteiger partial charge in [0.25, 0.3) is 0 Å². The highest BCUT2D eigenvalue weighted by Crippen LogP contribution is 2.28. The minimum Gasteiger partial charge on any atom is -0.481 e. The van der Waals surface area contributed by atoms with E-state index in [1.807, 2.05) is 57.5 Å². The number of aromatic nitrogens is 1. The zero-order valence-electron chi connectivity index (χ0n) is 25.7. The maximum absolute atomic E-state index is 13.7. The van der Waals surface area contributed by atoms with Crippen molar-refractivity contribution in [2.24, 2.45) is 5.41 Å². The number of carboxylic acid groups (broad SMARTS) is 1. The molecule has 43 heavy (non-hydrogen) atoms. The van der Waals surface area contributed by atoms with E-state index in [-0.39, 0.29) is 50.1 Å². The Morgan fingerprint density at radius 1 is 1.02 bits per heavy atom. The Kier molecular flexibility index (Phi) is 12.7. The van der Waals surface area contributed by atoms with Crippen LogP contribution in [0.5, 0.6) is 0 Å². The summed E-state index contributed by atoms with van der Waals surface area (Å²) in [7, 11) is 0. The second-order valence-electron chi connectivity index (χ2n) is 12.5. The highest BCUT2D eigenvalue weighted by Gasteiger charge is 2.44. The van der Waals surface area contributed by atoms with Crippen LogP contribution in [0, 0.1) is 12.3 Å². The summed E-state index contributed by atoms with van der Waals surface area (Å²) in [6.45, 7) is 7.89. The molecule has 2 aromatic rings. The van der Waals surface area contributed by atoms with Crippen LogP contribution in [0.25, 0.3) is 10.4 Å². The highest BCUT2D eigenvalue weighted by atomic mass is 32.1. The molecule has 3 rings (SSSR count). The number of aliphatic hydroxyl groups excluding tert-OH is 1. The Bertz CT molecular complexity index is 1240. The monoisotopic (exact) mass is 614 g/mol. The van der Waals surface area contributed by atoms with Gasteiger partial charge in [0, 0.05) is 32.4 Å². The number of aryl methyl sites for hydroxylation is 1. The van der Waals surface area contributed by atoms with E-state index in [0.717, 1.165) is 47.4 Å². The van der Waals surface area contributed by atoms with E-state index >= 15 is 0 Å². The number of benzene rings is 1. The topological polar surface area (TPSA) is 149 Å². The molecule has 3 amide bonds. The van der Waals surface area contributed by atoms with Gasteiger partial charge in [-0.2, -0.15) is 0 Å². The number of carbonyl (C=O) groups excluding carboxylic acids is 3. The number of hydrogen-bond acceptors (Lipinski definition) is 7. The molecule has 0 bridgehead atoms. The van der Waals surface area contributed by atoms with Gasteiger partial charge in [0.05, 0.1) is 22.2 Å². The SMILES string of the molecule is Cc1ncsc1-c1ccc(CNC(=O)C2C[C@@H](O)CN2C(=O)[C@@H](NC(=O)CCCCCCCCC(=O)O)C(C)(C)C)cc1. The average molecular weight is 615 g/mol. The number of likely N-dealkylation sites (tertiary alicyclic amines) is 1. The number of rotatable bonds is 15. The predicted molar refractivity (Wildman–Crippen MR) is 166 cm³/mol. The molecule has 0 spiro atoms. The van der Waals surface area contributed by atoms with E-state index in [1.54, 1.807) is 11.3 Å². The molecule has 1 unspecified atom stereocenters. The van der Waals surface area contributed by atoms with Crippen LogP contribution in [0.15, 0.2) is 29.8 Å². The van der Waals surface area contributed by atoms with Crippen LogP contribution in [0.3, 0.4) is 0 Å². The summed E-state index contributed by atoms with van der Waals surface area (Å²) in [6, 6.07) is 6.22. The minimum absolute atomic E-state index is 0.0319. The number of carbonyl (C=O) groups is 4. The van der Waals surface area contributed by atoms with Crippen molar-refractivity contribution in [3.63, 3.8) is 0 Å². The first-order valence-corrected chi connectivity index (χ1v) is 16.0. The number of amides is 3. The fourth-order valence-corrected chi connectivity index (χ4v) is 6.09. The first-order valence-electron chi connectivity index (χ1n) is 15.1. The number of hydrogen-bond donors (Lipinski definition) is 4. The number of aliphatic hydroxyl groups is 1. The third kappa shape index (κ3) is 10.4. The number of thiazole rings is 1. The third-order valence-corrected chi connectivity index (χ3v) is 8.73. The van der Waals surface area contributed by atoms with Crippen molar-refractivity contribution < 1.29 is 29.4 Å². The number of unbranched alkanes of at least 4 members (excludes halogenated alkanes) is 5. The standard InChI is InChI=1S/C32H46N4O6S/c1-21-28(43-20-34-21)23-15-13-22(14-16-23)18-33-30(41)25-17-24(37)19-36(25)31(42)29(32(2,3)4)35-26(38)11-9-7-5-6-8-10-12-27(39)40/h13-16,20,24-25,29,37H,5-12,17-19H2,1-4H3,(H,33,41)(H,35,38)(H,39,40)/t24-,25?,29-/m1/s1. The summed E-state index contributed by atoms with van der Waals surface area (Å²) >= 11 is 1.58. The second-order valence-corrected chi connectivity index (χ2v) is 13.3. The lowest BCUT2D eigenvalue weighted by molar-refractivity contribution is -0.144. The molecule has 0 saturated carbocycles. The average Bonchev–Trinajstić information content (AvgIpc) is 3.56. The molecule has 1 aromatic carbocycles. The quantitative estimate of drug-likeness (QED) is 0.217. The molecule has 1 aromatic heterocycles. The molecule has 3 atom stereocenters. The van der Waals surface area contributed by atoms with Crippen LogP contribution in [0.1, 0.15) is 89.8 Å². The first kappa shape index (κ1) is 34.2. The fraction of sp³-hybridized carbons (Fsp3) is 0.594. The van der Waals surface area contributed by atoms with Gasteiger partial charge in [-0.1, -0.05) is 70.7 Å². The molecule has 4 N–H and O–H groups in total. The molecule has 0 aliphatic carbocycles. The van der Waals surface area contributed by atoms with Crippen LogP contribution in [-0.2, 0) is 25.7 Å². The smallest absolute Gasteiger partial charge is 0.303 e. The Labute approximate surface area is 258 Å². The summed E-state index contributed by atoms with van der Waals surface area (Å²) in [5, 5.41) is 24.9. The first-order chi connectivity index (χ1) is 20.4. The van der Waals surface area contributed by atoms with Crippen molar-refractivity contribution in [2.45, 2.75) is 110 Å². The van der Waals surface area contributed by atoms with Crippen molar-refractivity contribution >= 4 is 35.0 Å². The highest BCUT2D eigenvalue weighted by molar-refractivity contribution is 7.13. The maximum atomic E-state index is 13.7. The van der Waals surface area contributed by atoms with Crippen molar-refractivity contribution in [3.05, 3.63) is 41.0 Å². The van der Waals surface area contributed by atoms with E-state index in [0.29, 0.717) is 12.8 Å². The van der Waals surface area contributed by atoms with E-state index in [9.17, 15) is 24.3 Å². The normalized spacial score (nSPS) is 17.5. The van der Waals surface area contributed by atoms with E-state index in [1.165, 1.54) is 4.90 Å². The van der Waals surface area contributed by atoms with Crippen LogP contribution in [0.4, 0.5) is 0 Å². The molecule has 1 saturated heterocycles. The largest absolute Gasteiger partial charge is 0.481 e. The molecule has 1 aliphatic rings. The fourth-order valence-electron chi connectivity index (χ4n) is 5.28. The number of nitrogens with one attached hydrogen (secondary N) is 2. The van der Waals surface area contributed by atoms with Gasteiger partial charge in [0.1, 0.15) is 12.1 Å². The Morgan fingerprint density at radius 3 is 2.23 bits per heavy atom. The van der Waals surface area contributed by atoms with Crippen LogP contribution in [0.2, 0.25) is 0 Å². The minimum atomic E-state index is -0.848. The van der Waals surface area contributed by atoms with Crippen LogP contribution < -0.4 is 10.6 Å². The van der Waals surface area contributed by atoms with Crippen molar-refractivity contribution in [2.75, 3.05) is 6.54 Å². The Morgan fingerprint density at radius 2 is 1.65 bits per heavy atom. The third-order valence-electron chi connectivity index (χ3n) is 7.76. The number of β-amino-alcohol motifs (C(OH)–C–C–N with tert-alkyl or cyclic N) is 1. The van der Waals surface area contributed by atoms with Gasteiger partial charge in [0.2, 0.25) is 17.7 Å². The maximum Gasteiger partial charge on any atom is 0.303 e. The zero-order chi connectivity index (χ0) is 31.6. The summed E-state index contributed by atoms with van der Waals surface area (Å²) in [4.78, 5) is 57.2. The van der Waals surface area contributed by atoms with E-state index in [2.05, 4.69) is 15.6 Å². The molecule has 10 nitrogen and oxygen atoms in total. The van der Waals surface area contributed by atoms with Gasteiger partial charge in [-0.25, -0.2) is 4.98 Å². The van der Waals surface area contributed by atoms with E-state index < -0.39 is 29.6 Å². The second kappa shape index (κ2) is 16.0. The predicted octanol–water partition coefficient (Wildman–Crippen LogP) is 4.43. The lowest BCUT2D eigenvalue weighted by Gasteiger charge is -2.35. The van der Waals surface area contributed by atoms with Crippen molar-refractivity contribution in [1.29, 1.82) is 0 Å². The number of carboxylic acids is 1. The molecule has 2 heterocycles. The van der Waals surface area contributed by atoms with Gasteiger partial charge in [-0.05, 0) is 36.3 Å². The van der Waals surface area contributed by atoms with Crippen LogP contribution >= 0.6 is 11.3 Å². The lowest BCUT2D eigenvalue weighted by Crippen LogP contribution is -2.57. The van der Waals surface area contributed by atoms with Gasteiger partial charge >= 0.3 is 5.97 Å². The zero-order valence-corrected chi connectivity index (χ0v) is 26.5. The summed E-state index contributed by atoms with van der Waals surface area (Å²) in [5.41, 5.74) is 4.16. The van der Waals surface area contributed by atoms with Gasteiger partial charge in [-0.15, -0.1) is 11.3 Å². The molecule has 11 heteroatoms. The summed E-state index contributed by atoms with van der Waals surface area (Å²) < 4.78 is 0. The van der Waals surface area contributed by atoms with E-state index in [4.69, 9.17) is 5.11 Å². The summed E-state index contributed by atoms with van der Waals surface area (Å²) in [6.07, 6.45) is 4.67. The van der Waals surface area contributed by atoms with Gasteiger partial charge < -0.3 is 25.7 Å². The van der Waals surface area contributed by atoms with Gasteiger partial charge in [-0.3, -0.25) is 19.2 Å². The van der Waals surface area contributed by atoms with Crippen LogP contribution in [-0.4, -0.2) is 68.5 Å². The molecular formula is C32H46N4O6S. The Balaban J connectivity index is 1.53. The number of nitrogens with zero attached hydrogens (tertiary/aromatic N) is 2. The lowest BCUT2D eigenvalue weighted by atomic mass is 9.85. The molecule has 1 fully saturated rings. The van der Waals surface area contributed by atoms with Crippen molar-refractivity contribution in [3.8, 4) is 10.4 Å². The molecular weight excluding hydrogens is 568 g/mol. The molecule has 0 radical (unpaired) electrons. The summed E-state index contributed by atoms with van der Waals surface area (Å²) in [5.74, 6) is -1.72.